The van der Waals surface area contributed by atoms with Crippen LogP contribution in [0.2, 0.25) is 0 Å². The molecular weight excluding hydrogens is 242 g/mol. The fourth-order valence-corrected chi connectivity index (χ4v) is 1.93. The molecule has 2 heterocycles. The van der Waals surface area contributed by atoms with E-state index in [4.69, 9.17) is 9.47 Å². The van der Waals surface area contributed by atoms with Gasteiger partial charge in [-0.25, -0.2) is 9.50 Å². The molecule has 0 unspecified atom stereocenters. The molecule has 0 aliphatic heterocycles. The summed E-state index contributed by atoms with van der Waals surface area (Å²) in [6.07, 6.45) is 1.79. The van der Waals surface area contributed by atoms with E-state index in [9.17, 15) is 0 Å². The van der Waals surface area contributed by atoms with Crippen molar-refractivity contribution in [3.63, 3.8) is 0 Å². The minimum absolute atomic E-state index is 0.630. The van der Waals surface area contributed by atoms with Crippen molar-refractivity contribution in [1.82, 2.24) is 14.6 Å². The fraction of sp³-hybridized carbons (Fsp3) is 0.143. The quantitative estimate of drug-likeness (QED) is 0.721. The first kappa shape index (κ1) is 11.5. The summed E-state index contributed by atoms with van der Waals surface area (Å²) in [7, 11) is 3.26. The Bertz CT molecular complexity index is 722. The van der Waals surface area contributed by atoms with E-state index >= 15 is 0 Å². The van der Waals surface area contributed by atoms with E-state index in [1.807, 2.05) is 36.4 Å². The summed E-state index contributed by atoms with van der Waals surface area (Å²) in [5, 5.41) is 4.45. The standard InChI is InChI=1S/C14H13N3O2/c1-18-10-7-8-13-15-14(16-17(13)9-10)11-5-3-4-6-12(11)19-2/h3-9H,1-2H3. The zero-order valence-corrected chi connectivity index (χ0v) is 10.7. The maximum Gasteiger partial charge on any atom is 0.185 e. The van der Waals surface area contributed by atoms with E-state index in [-0.39, 0.29) is 0 Å². The molecule has 0 aliphatic carbocycles. The molecule has 1 aromatic carbocycles. The molecule has 0 saturated heterocycles. The van der Waals surface area contributed by atoms with Crippen LogP contribution in [0.25, 0.3) is 17.0 Å². The molecule has 0 saturated carbocycles. The summed E-state index contributed by atoms with van der Waals surface area (Å²) in [4.78, 5) is 4.48. The lowest BCUT2D eigenvalue weighted by Gasteiger charge is -2.03. The number of para-hydroxylation sites is 1. The summed E-state index contributed by atoms with van der Waals surface area (Å²) >= 11 is 0. The Morgan fingerprint density at radius 1 is 1.00 bits per heavy atom. The lowest BCUT2D eigenvalue weighted by atomic mass is 10.2. The molecule has 0 radical (unpaired) electrons. The van der Waals surface area contributed by atoms with E-state index in [1.165, 1.54) is 0 Å². The average molecular weight is 255 g/mol. The van der Waals surface area contributed by atoms with Gasteiger partial charge in [-0.15, -0.1) is 5.10 Å². The van der Waals surface area contributed by atoms with Crippen LogP contribution in [-0.4, -0.2) is 28.8 Å². The molecule has 0 spiro atoms. The third-order valence-corrected chi connectivity index (χ3v) is 2.89. The molecule has 0 bridgehead atoms. The van der Waals surface area contributed by atoms with Crippen molar-refractivity contribution in [3.8, 4) is 22.9 Å². The predicted molar refractivity (Wildman–Crippen MR) is 71.5 cm³/mol. The highest BCUT2D eigenvalue weighted by Crippen LogP contribution is 2.27. The summed E-state index contributed by atoms with van der Waals surface area (Å²) < 4.78 is 12.2. The zero-order valence-electron chi connectivity index (χ0n) is 10.7. The number of ether oxygens (including phenoxy) is 2. The number of fused-ring (bicyclic) bond motifs is 1. The highest BCUT2D eigenvalue weighted by molar-refractivity contribution is 5.65. The van der Waals surface area contributed by atoms with Crippen molar-refractivity contribution in [3.05, 3.63) is 42.6 Å². The average Bonchev–Trinajstić information content (AvgIpc) is 2.89. The predicted octanol–water partition coefficient (Wildman–Crippen LogP) is 2.41. The van der Waals surface area contributed by atoms with Gasteiger partial charge in [0.15, 0.2) is 11.5 Å². The van der Waals surface area contributed by atoms with E-state index in [0.29, 0.717) is 5.82 Å². The van der Waals surface area contributed by atoms with E-state index in [0.717, 1.165) is 22.7 Å². The number of aromatic nitrogens is 3. The Morgan fingerprint density at radius 2 is 1.84 bits per heavy atom. The molecule has 96 valence electrons. The lowest BCUT2D eigenvalue weighted by molar-refractivity contribution is 0.411. The van der Waals surface area contributed by atoms with Crippen LogP contribution < -0.4 is 9.47 Å². The molecule has 3 aromatic rings. The van der Waals surface area contributed by atoms with Crippen LogP contribution in [0, 0.1) is 0 Å². The second kappa shape index (κ2) is 4.61. The number of nitrogens with zero attached hydrogens (tertiary/aromatic N) is 3. The largest absolute Gasteiger partial charge is 0.496 e. The number of rotatable bonds is 3. The molecule has 0 aliphatic rings. The number of benzene rings is 1. The third-order valence-electron chi connectivity index (χ3n) is 2.89. The van der Waals surface area contributed by atoms with Crippen LogP contribution in [0.15, 0.2) is 42.6 Å². The second-order valence-corrected chi connectivity index (χ2v) is 4.01. The normalized spacial score (nSPS) is 10.6. The van der Waals surface area contributed by atoms with Gasteiger partial charge in [0.2, 0.25) is 0 Å². The lowest BCUT2D eigenvalue weighted by Crippen LogP contribution is -1.91. The number of hydrogen-bond acceptors (Lipinski definition) is 4. The maximum absolute atomic E-state index is 5.33. The molecule has 0 N–H and O–H groups in total. The van der Waals surface area contributed by atoms with Gasteiger partial charge in [0, 0.05) is 0 Å². The molecule has 0 fully saturated rings. The van der Waals surface area contributed by atoms with Gasteiger partial charge in [-0.3, -0.25) is 0 Å². The molecular formula is C14H13N3O2. The Hall–Kier alpha value is -2.56. The highest BCUT2D eigenvalue weighted by Gasteiger charge is 2.11. The smallest absolute Gasteiger partial charge is 0.185 e. The van der Waals surface area contributed by atoms with E-state index in [2.05, 4.69) is 10.1 Å². The first-order chi connectivity index (χ1) is 9.31. The van der Waals surface area contributed by atoms with Crippen molar-refractivity contribution in [1.29, 1.82) is 0 Å². The Kier molecular flexibility index (Phi) is 2.79. The van der Waals surface area contributed by atoms with Crippen LogP contribution >= 0.6 is 0 Å². The van der Waals surface area contributed by atoms with Crippen LogP contribution in [-0.2, 0) is 0 Å². The first-order valence-electron chi connectivity index (χ1n) is 5.85. The highest BCUT2D eigenvalue weighted by atomic mass is 16.5. The van der Waals surface area contributed by atoms with Gasteiger partial charge in [0.1, 0.15) is 11.5 Å². The molecule has 19 heavy (non-hydrogen) atoms. The number of pyridine rings is 1. The molecule has 2 aromatic heterocycles. The topological polar surface area (TPSA) is 48.7 Å². The van der Waals surface area contributed by atoms with Crippen molar-refractivity contribution >= 4 is 5.65 Å². The van der Waals surface area contributed by atoms with Gasteiger partial charge in [-0.05, 0) is 24.3 Å². The Labute approximate surface area is 110 Å². The van der Waals surface area contributed by atoms with Crippen molar-refractivity contribution in [2.45, 2.75) is 0 Å². The minimum Gasteiger partial charge on any atom is -0.496 e. The fourth-order valence-electron chi connectivity index (χ4n) is 1.93. The van der Waals surface area contributed by atoms with Crippen molar-refractivity contribution in [2.24, 2.45) is 0 Å². The van der Waals surface area contributed by atoms with Crippen LogP contribution in [0.1, 0.15) is 0 Å². The molecule has 5 heteroatoms. The van der Waals surface area contributed by atoms with Gasteiger partial charge in [0.05, 0.1) is 26.0 Å². The SMILES string of the molecule is COc1ccc2nc(-c3ccccc3OC)nn2c1. The number of hydrogen-bond donors (Lipinski definition) is 0. The van der Waals surface area contributed by atoms with Crippen LogP contribution in [0.5, 0.6) is 11.5 Å². The van der Waals surface area contributed by atoms with E-state index in [1.54, 1.807) is 24.9 Å². The van der Waals surface area contributed by atoms with Gasteiger partial charge in [-0.2, -0.15) is 0 Å². The van der Waals surface area contributed by atoms with Crippen molar-refractivity contribution in [2.75, 3.05) is 14.2 Å². The summed E-state index contributed by atoms with van der Waals surface area (Å²) in [5.74, 6) is 2.13. The number of methoxy groups -OCH3 is 2. The van der Waals surface area contributed by atoms with E-state index < -0.39 is 0 Å². The summed E-state index contributed by atoms with van der Waals surface area (Å²) in [5.41, 5.74) is 1.63. The van der Waals surface area contributed by atoms with Crippen LogP contribution in [0.3, 0.4) is 0 Å². The maximum atomic E-state index is 5.33. The molecule has 0 amide bonds. The summed E-state index contributed by atoms with van der Waals surface area (Å²) in [6, 6.07) is 11.4. The Balaban J connectivity index is 2.15. The van der Waals surface area contributed by atoms with Gasteiger partial charge < -0.3 is 9.47 Å². The van der Waals surface area contributed by atoms with Gasteiger partial charge in [0.25, 0.3) is 0 Å². The third kappa shape index (κ3) is 1.99. The summed E-state index contributed by atoms with van der Waals surface area (Å²) in [6.45, 7) is 0. The monoisotopic (exact) mass is 255 g/mol. The zero-order chi connectivity index (χ0) is 13.2. The van der Waals surface area contributed by atoms with Gasteiger partial charge >= 0.3 is 0 Å². The molecule has 3 rings (SSSR count). The first-order valence-corrected chi connectivity index (χ1v) is 5.85. The van der Waals surface area contributed by atoms with Gasteiger partial charge in [-0.1, -0.05) is 12.1 Å². The van der Waals surface area contributed by atoms with Crippen molar-refractivity contribution < 1.29 is 9.47 Å². The van der Waals surface area contributed by atoms with Crippen LogP contribution in [0.4, 0.5) is 0 Å². The minimum atomic E-state index is 0.630. The molecule has 5 nitrogen and oxygen atoms in total. The Morgan fingerprint density at radius 3 is 2.63 bits per heavy atom. The second-order valence-electron chi connectivity index (χ2n) is 4.01. The molecule has 0 atom stereocenters.